The fraction of sp³-hybridized carbons (Fsp3) is 0.182. The van der Waals surface area contributed by atoms with Crippen LogP contribution in [0.4, 0.5) is 0 Å². The van der Waals surface area contributed by atoms with Crippen LogP contribution >= 0.6 is 11.8 Å². The molecule has 2 aromatic rings. The number of rotatable bonds is 2. The number of hydrogen-bond donors (Lipinski definition) is 0. The van der Waals surface area contributed by atoms with E-state index in [9.17, 15) is 4.79 Å². The van der Waals surface area contributed by atoms with Crippen LogP contribution in [0, 0.1) is 0 Å². The minimum Gasteiger partial charge on any atom is -0.463 e. The molecule has 1 aromatic carbocycles. The monoisotopic (exact) mass is 206 g/mol. The van der Waals surface area contributed by atoms with Gasteiger partial charge in [0.1, 0.15) is 5.58 Å². The number of hydrogen-bond acceptors (Lipinski definition) is 3. The van der Waals surface area contributed by atoms with Gasteiger partial charge in [0, 0.05) is 10.9 Å². The first-order valence-corrected chi connectivity index (χ1v) is 5.51. The first kappa shape index (κ1) is 9.34. The fourth-order valence-electron chi connectivity index (χ4n) is 1.50. The number of carbonyl (C=O) groups is 1. The number of Topliss-reactive ketones (excluding diaryl/α,β-unsaturated/α-hetero) is 1. The van der Waals surface area contributed by atoms with Crippen LogP contribution in [-0.4, -0.2) is 12.0 Å². The third-order valence-corrected chi connectivity index (χ3v) is 2.94. The van der Waals surface area contributed by atoms with Crippen molar-refractivity contribution in [1.29, 1.82) is 0 Å². The van der Waals surface area contributed by atoms with Crippen molar-refractivity contribution in [2.24, 2.45) is 0 Å². The molecule has 14 heavy (non-hydrogen) atoms. The van der Waals surface area contributed by atoms with E-state index in [2.05, 4.69) is 0 Å². The highest BCUT2D eigenvalue weighted by Crippen LogP contribution is 2.29. The molecular formula is C11H10O2S. The van der Waals surface area contributed by atoms with Crippen LogP contribution in [0.25, 0.3) is 11.0 Å². The van der Waals surface area contributed by atoms with Crippen molar-refractivity contribution in [3.8, 4) is 0 Å². The van der Waals surface area contributed by atoms with E-state index in [0.717, 1.165) is 21.4 Å². The van der Waals surface area contributed by atoms with E-state index in [0.29, 0.717) is 0 Å². The summed E-state index contributed by atoms with van der Waals surface area (Å²) in [7, 11) is 0. The van der Waals surface area contributed by atoms with E-state index in [1.807, 2.05) is 24.5 Å². The molecule has 2 rings (SSSR count). The Morgan fingerprint density at radius 2 is 2.14 bits per heavy atom. The number of furan rings is 1. The largest absolute Gasteiger partial charge is 0.463 e. The van der Waals surface area contributed by atoms with Gasteiger partial charge in [0.15, 0.2) is 5.78 Å². The Balaban J connectivity index is 2.78. The molecule has 0 aliphatic carbocycles. The summed E-state index contributed by atoms with van der Waals surface area (Å²) in [5.74, 6) is 0.0732. The van der Waals surface area contributed by atoms with Gasteiger partial charge in [-0.15, -0.1) is 11.8 Å². The Bertz CT molecular complexity index is 485. The van der Waals surface area contributed by atoms with E-state index in [4.69, 9.17) is 4.42 Å². The second-order valence-corrected chi connectivity index (χ2v) is 3.88. The van der Waals surface area contributed by atoms with E-state index < -0.39 is 0 Å². The molecule has 0 fully saturated rings. The number of thioether (sulfide) groups is 1. The van der Waals surface area contributed by atoms with Gasteiger partial charge in [0.2, 0.25) is 0 Å². The molecule has 0 aliphatic heterocycles. The van der Waals surface area contributed by atoms with Crippen LogP contribution in [0.3, 0.4) is 0 Å². The number of ketones is 1. The summed E-state index contributed by atoms with van der Waals surface area (Å²) in [6.07, 6.45) is 3.61. The van der Waals surface area contributed by atoms with E-state index in [1.165, 1.54) is 0 Å². The maximum atomic E-state index is 11.3. The quantitative estimate of drug-likeness (QED) is 0.557. The SMILES string of the molecule is CSc1ccc(C(C)=O)c2ccoc12. The Kier molecular flexibility index (Phi) is 2.33. The van der Waals surface area contributed by atoms with Crippen LogP contribution in [0.1, 0.15) is 17.3 Å². The lowest BCUT2D eigenvalue weighted by atomic mass is 10.1. The molecule has 1 heterocycles. The zero-order valence-electron chi connectivity index (χ0n) is 8.03. The van der Waals surface area contributed by atoms with E-state index in [1.54, 1.807) is 24.9 Å². The topological polar surface area (TPSA) is 30.2 Å². The molecule has 2 nitrogen and oxygen atoms in total. The molecule has 0 atom stereocenters. The van der Waals surface area contributed by atoms with Crippen LogP contribution < -0.4 is 0 Å². The summed E-state index contributed by atoms with van der Waals surface area (Å²) in [5, 5.41) is 0.907. The molecule has 3 heteroatoms. The standard InChI is InChI=1S/C11H10O2S/c1-7(12)8-3-4-10(14-2)11-9(8)5-6-13-11/h3-6H,1-2H3. The normalized spacial score (nSPS) is 10.7. The molecule has 1 aromatic heterocycles. The molecule has 72 valence electrons. The third-order valence-electron chi connectivity index (χ3n) is 2.18. The molecule has 0 aliphatic rings. The van der Waals surface area contributed by atoms with Crippen molar-refractivity contribution in [3.05, 3.63) is 30.0 Å². The molecule has 0 unspecified atom stereocenters. The fourth-order valence-corrected chi connectivity index (χ4v) is 2.05. The van der Waals surface area contributed by atoms with Gasteiger partial charge in [-0.25, -0.2) is 0 Å². The van der Waals surface area contributed by atoms with Crippen molar-refractivity contribution in [2.45, 2.75) is 11.8 Å². The molecule has 0 radical (unpaired) electrons. The Morgan fingerprint density at radius 1 is 1.36 bits per heavy atom. The minimum absolute atomic E-state index is 0.0732. The summed E-state index contributed by atoms with van der Waals surface area (Å²) in [4.78, 5) is 12.4. The van der Waals surface area contributed by atoms with Crippen LogP contribution in [0.15, 0.2) is 33.8 Å². The second-order valence-electron chi connectivity index (χ2n) is 3.03. The van der Waals surface area contributed by atoms with Gasteiger partial charge in [-0.1, -0.05) is 0 Å². The molecule has 0 spiro atoms. The van der Waals surface area contributed by atoms with Crippen LogP contribution in [0.5, 0.6) is 0 Å². The maximum Gasteiger partial charge on any atom is 0.160 e. The molecule has 0 saturated heterocycles. The van der Waals surface area contributed by atoms with E-state index in [-0.39, 0.29) is 5.78 Å². The molecular weight excluding hydrogens is 196 g/mol. The van der Waals surface area contributed by atoms with Gasteiger partial charge in [0.25, 0.3) is 0 Å². The summed E-state index contributed by atoms with van der Waals surface area (Å²) in [6.45, 7) is 1.57. The smallest absolute Gasteiger partial charge is 0.160 e. The predicted molar refractivity (Wildman–Crippen MR) is 58.0 cm³/mol. The number of fused-ring (bicyclic) bond motifs is 1. The number of benzene rings is 1. The molecule has 0 bridgehead atoms. The summed E-state index contributed by atoms with van der Waals surface area (Å²) < 4.78 is 5.36. The summed E-state index contributed by atoms with van der Waals surface area (Å²) >= 11 is 1.62. The minimum atomic E-state index is 0.0732. The molecule has 0 N–H and O–H groups in total. The average Bonchev–Trinajstić information content (AvgIpc) is 2.64. The van der Waals surface area contributed by atoms with Crippen molar-refractivity contribution in [3.63, 3.8) is 0 Å². The van der Waals surface area contributed by atoms with Crippen LogP contribution in [-0.2, 0) is 0 Å². The highest BCUT2D eigenvalue weighted by molar-refractivity contribution is 7.98. The highest BCUT2D eigenvalue weighted by atomic mass is 32.2. The molecule has 0 amide bonds. The van der Waals surface area contributed by atoms with Gasteiger partial charge in [-0.05, 0) is 31.4 Å². The zero-order chi connectivity index (χ0) is 10.1. The van der Waals surface area contributed by atoms with Crippen molar-refractivity contribution in [1.82, 2.24) is 0 Å². The first-order chi connectivity index (χ1) is 6.74. The zero-order valence-corrected chi connectivity index (χ0v) is 8.85. The average molecular weight is 206 g/mol. The lowest BCUT2D eigenvalue weighted by molar-refractivity contribution is 0.101. The summed E-state index contributed by atoms with van der Waals surface area (Å²) in [5.41, 5.74) is 1.54. The van der Waals surface area contributed by atoms with Gasteiger partial charge in [-0.3, -0.25) is 4.79 Å². The second kappa shape index (κ2) is 3.50. The Hall–Kier alpha value is -1.22. The molecule has 0 saturated carbocycles. The first-order valence-electron chi connectivity index (χ1n) is 4.29. The number of carbonyl (C=O) groups excluding carboxylic acids is 1. The van der Waals surface area contributed by atoms with Gasteiger partial charge >= 0.3 is 0 Å². The third kappa shape index (κ3) is 1.34. The van der Waals surface area contributed by atoms with Gasteiger partial charge in [-0.2, -0.15) is 0 Å². The lowest BCUT2D eigenvalue weighted by Crippen LogP contribution is -1.92. The van der Waals surface area contributed by atoms with E-state index >= 15 is 0 Å². The van der Waals surface area contributed by atoms with Gasteiger partial charge in [0.05, 0.1) is 11.2 Å². The summed E-state index contributed by atoms with van der Waals surface area (Å²) in [6, 6.07) is 5.62. The van der Waals surface area contributed by atoms with Crippen molar-refractivity contribution >= 4 is 28.5 Å². The maximum absolute atomic E-state index is 11.3. The van der Waals surface area contributed by atoms with Crippen LogP contribution in [0.2, 0.25) is 0 Å². The van der Waals surface area contributed by atoms with Gasteiger partial charge < -0.3 is 4.42 Å². The Labute approximate surface area is 86.3 Å². The predicted octanol–water partition coefficient (Wildman–Crippen LogP) is 3.36. The Morgan fingerprint density at radius 3 is 2.79 bits per heavy atom. The van der Waals surface area contributed by atoms with Crippen molar-refractivity contribution in [2.75, 3.05) is 6.26 Å². The highest BCUT2D eigenvalue weighted by Gasteiger charge is 2.10. The lowest BCUT2D eigenvalue weighted by Gasteiger charge is -2.01. The van der Waals surface area contributed by atoms with Crippen molar-refractivity contribution < 1.29 is 9.21 Å².